The molecule has 0 atom stereocenters. The zero-order valence-electron chi connectivity index (χ0n) is 24.2. The van der Waals surface area contributed by atoms with Gasteiger partial charge in [0.15, 0.2) is 0 Å². The first kappa shape index (κ1) is 26.9. The number of nitrogens with one attached hydrogen (secondary N) is 1. The van der Waals surface area contributed by atoms with Crippen LogP contribution in [-0.4, -0.2) is 7.11 Å². The van der Waals surface area contributed by atoms with Gasteiger partial charge in [-0.2, -0.15) is 0 Å². The lowest BCUT2D eigenvalue weighted by atomic mass is 10.0. The summed E-state index contributed by atoms with van der Waals surface area (Å²) in [4.78, 5) is 2.27. The molecule has 0 aliphatic rings. The molecule has 0 amide bonds. The smallest absolute Gasteiger partial charge is 0.119 e. The van der Waals surface area contributed by atoms with Gasteiger partial charge in [-0.3, -0.25) is 0 Å². The van der Waals surface area contributed by atoms with Gasteiger partial charge in [0.1, 0.15) is 5.75 Å². The van der Waals surface area contributed by atoms with Crippen molar-refractivity contribution in [3.63, 3.8) is 0 Å². The second-order valence-corrected chi connectivity index (χ2v) is 10.6. The molecule has 0 aliphatic heterocycles. The predicted molar refractivity (Wildman–Crippen MR) is 178 cm³/mol. The van der Waals surface area contributed by atoms with Gasteiger partial charge in [0, 0.05) is 28.4 Å². The van der Waals surface area contributed by atoms with Gasteiger partial charge in [0.25, 0.3) is 0 Å². The largest absolute Gasteiger partial charge is 0.497 e. The van der Waals surface area contributed by atoms with Gasteiger partial charge < -0.3 is 15.0 Å². The van der Waals surface area contributed by atoms with Gasteiger partial charge in [-0.1, -0.05) is 83.9 Å². The molecule has 6 aromatic rings. The standard InChI is InChI=1S/C39H34N2O/c1-28-4-8-30(9-5-28)32-12-20-36(21-13-32)41(38-24-26-39(42-3)27-25-38)37-22-14-33(15-23-37)31-10-18-35(19-11-31)40-34-16-6-29(2)7-17-34/h4-27,40H,1-3H3. The van der Waals surface area contributed by atoms with Crippen LogP contribution in [0.4, 0.5) is 28.4 Å². The topological polar surface area (TPSA) is 24.5 Å². The fraction of sp³-hybridized carbons (Fsp3) is 0.0769. The van der Waals surface area contributed by atoms with E-state index in [1.807, 2.05) is 12.1 Å². The average molecular weight is 547 g/mol. The summed E-state index contributed by atoms with van der Waals surface area (Å²) >= 11 is 0. The van der Waals surface area contributed by atoms with Gasteiger partial charge in [0.2, 0.25) is 0 Å². The van der Waals surface area contributed by atoms with Gasteiger partial charge in [-0.05, 0) is 109 Å². The monoisotopic (exact) mass is 546 g/mol. The van der Waals surface area contributed by atoms with Crippen LogP contribution in [0.2, 0.25) is 0 Å². The third-order valence-corrected chi connectivity index (χ3v) is 7.53. The lowest BCUT2D eigenvalue weighted by molar-refractivity contribution is 0.415. The maximum atomic E-state index is 5.42. The average Bonchev–Trinajstić information content (AvgIpc) is 3.04. The molecule has 1 N–H and O–H groups in total. The summed E-state index contributed by atoms with van der Waals surface area (Å²) in [5.41, 5.74) is 12.7. The molecule has 6 rings (SSSR count). The summed E-state index contributed by atoms with van der Waals surface area (Å²) < 4.78 is 5.42. The Kier molecular flexibility index (Phi) is 7.74. The first-order chi connectivity index (χ1) is 20.6. The van der Waals surface area contributed by atoms with E-state index in [2.05, 4.69) is 158 Å². The highest BCUT2D eigenvalue weighted by atomic mass is 16.5. The Morgan fingerprint density at radius 1 is 0.405 bits per heavy atom. The quantitative estimate of drug-likeness (QED) is 0.205. The van der Waals surface area contributed by atoms with Crippen LogP contribution in [0.25, 0.3) is 22.3 Å². The second kappa shape index (κ2) is 12.1. The molecule has 206 valence electrons. The number of aryl methyl sites for hydroxylation is 2. The van der Waals surface area contributed by atoms with Crippen LogP contribution in [-0.2, 0) is 0 Å². The minimum atomic E-state index is 0.837. The number of rotatable bonds is 8. The van der Waals surface area contributed by atoms with Crippen LogP contribution >= 0.6 is 0 Å². The summed E-state index contributed by atoms with van der Waals surface area (Å²) in [7, 11) is 1.69. The van der Waals surface area contributed by atoms with Gasteiger partial charge >= 0.3 is 0 Å². The first-order valence-corrected chi connectivity index (χ1v) is 14.2. The highest BCUT2D eigenvalue weighted by Crippen LogP contribution is 2.37. The van der Waals surface area contributed by atoms with E-state index in [1.54, 1.807) is 7.11 Å². The van der Waals surface area contributed by atoms with Crippen molar-refractivity contribution in [2.45, 2.75) is 13.8 Å². The van der Waals surface area contributed by atoms with E-state index in [1.165, 1.54) is 33.4 Å². The SMILES string of the molecule is COc1ccc(N(c2ccc(-c3ccc(C)cc3)cc2)c2ccc(-c3ccc(Nc4ccc(C)cc4)cc3)cc2)cc1. The van der Waals surface area contributed by atoms with Crippen LogP contribution in [0.1, 0.15) is 11.1 Å². The fourth-order valence-electron chi connectivity index (χ4n) is 5.08. The molecular formula is C39H34N2O. The maximum Gasteiger partial charge on any atom is 0.119 e. The molecule has 3 heteroatoms. The van der Waals surface area contributed by atoms with Gasteiger partial charge in [-0.25, -0.2) is 0 Å². The Bertz CT molecular complexity index is 1740. The number of methoxy groups -OCH3 is 1. The van der Waals surface area contributed by atoms with Crippen molar-refractivity contribution in [3.8, 4) is 28.0 Å². The van der Waals surface area contributed by atoms with Crippen molar-refractivity contribution < 1.29 is 4.74 Å². The zero-order chi connectivity index (χ0) is 28.9. The molecule has 6 aromatic carbocycles. The Hall–Kier alpha value is -5.28. The Labute approximate surface area is 248 Å². The van der Waals surface area contributed by atoms with E-state index in [0.717, 1.165) is 34.2 Å². The van der Waals surface area contributed by atoms with Crippen LogP contribution in [0.15, 0.2) is 146 Å². The third kappa shape index (κ3) is 6.06. The third-order valence-electron chi connectivity index (χ3n) is 7.53. The number of nitrogens with zero attached hydrogens (tertiary/aromatic N) is 1. The Morgan fingerprint density at radius 2 is 0.714 bits per heavy atom. The molecule has 42 heavy (non-hydrogen) atoms. The minimum Gasteiger partial charge on any atom is -0.497 e. The van der Waals surface area contributed by atoms with E-state index in [-0.39, 0.29) is 0 Å². The van der Waals surface area contributed by atoms with Crippen molar-refractivity contribution in [1.82, 2.24) is 0 Å². The molecule has 0 aromatic heterocycles. The minimum absolute atomic E-state index is 0.837. The summed E-state index contributed by atoms with van der Waals surface area (Å²) in [6, 6.07) is 51.4. The molecular weight excluding hydrogens is 512 g/mol. The molecule has 0 spiro atoms. The summed E-state index contributed by atoms with van der Waals surface area (Å²) in [5.74, 6) is 0.837. The highest BCUT2D eigenvalue weighted by molar-refractivity contribution is 5.80. The fourth-order valence-corrected chi connectivity index (χ4v) is 5.08. The van der Waals surface area contributed by atoms with E-state index in [4.69, 9.17) is 4.74 Å². The summed E-state index contributed by atoms with van der Waals surface area (Å²) in [5, 5.41) is 3.48. The number of ether oxygens (including phenoxy) is 1. The van der Waals surface area contributed by atoms with Crippen LogP contribution in [0.3, 0.4) is 0 Å². The van der Waals surface area contributed by atoms with E-state index < -0.39 is 0 Å². The van der Waals surface area contributed by atoms with Crippen molar-refractivity contribution in [2.75, 3.05) is 17.3 Å². The summed E-state index contributed by atoms with van der Waals surface area (Å²) in [6.45, 7) is 4.21. The molecule has 0 heterocycles. The molecule has 0 radical (unpaired) electrons. The van der Waals surface area contributed by atoms with E-state index >= 15 is 0 Å². The Balaban J connectivity index is 1.27. The molecule has 0 unspecified atom stereocenters. The lowest BCUT2D eigenvalue weighted by Crippen LogP contribution is -2.09. The number of anilines is 5. The summed E-state index contributed by atoms with van der Waals surface area (Å²) in [6.07, 6.45) is 0. The maximum absolute atomic E-state index is 5.42. The van der Waals surface area contributed by atoms with E-state index in [9.17, 15) is 0 Å². The van der Waals surface area contributed by atoms with Gasteiger partial charge in [0.05, 0.1) is 7.11 Å². The second-order valence-electron chi connectivity index (χ2n) is 10.6. The molecule has 3 nitrogen and oxygen atoms in total. The van der Waals surface area contributed by atoms with Crippen LogP contribution in [0, 0.1) is 13.8 Å². The molecule has 0 fully saturated rings. The molecule has 0 aliphatic carbocycles. The highest BCUT2D eigenvalue weighted by Gasteiger charge is 2.13. The van der Waals surface area contributed by atoms with Crippen LogP contribution in [0.5, 0.6) is 5.75 Å². The van der Waals surface area contributed by atoms with E-state index in [0.29, 0.717) is 0 Å². The molecule has 0 saturated heterocycles. The number of benzene rings is 6. The van der Waals surface area contributed by atoms with Crippen molar-refractivity contribution in [3.05, 3.63) is 157 Å². The predicted octanol–water partition coefficient (Wildman–Crippen LogP) is 10.9. The molecule has 0 bridgehead atoms. The van der Waals surface area contributed by atoms with Crippen molar-refractivity contribution in [1.29, 1.82) is 0 Å². The Morgan fingerprint density at radius 3 is 1.12 bits per heavy atom. The number of hydrogen-bond acceptors (Lipinski definition) is 3. The molecule has 0 saturated carbocycles. The lowest BCUT2D eigenvalue weighted by Gasteiger charge is -2.26. The van der Waals surface area contributed by atoms with Gasteiger partial charge in [-0.15, -0.1) is 0 Å². The van der Waals surface area contributed by atoms with Crippen LogP contribution < -0.4 is 15.0 Å². The first-order valence-electron chi connectivity index (χ1n) is 14.2. The normalized spacial score (nSPS) is 10.7. The number of hydrogen-bond donors (Lipinski definition) is 1. The van der Waals surface area contributed by atoms with Crippen molar-refractivity contribution >= 4 is 28.4 Å². The zero-order valence-corrected chi connectivity index (χ0v) is 24.2. The van der Waals surface area contributed by atoms with Crippen molar-refractivity contribution in [2.24, 2.45) is 0 Å².